The van der Waals surface area contributed by atoms with Crippen LogP contribution in [0.4, 0.5) is 17.3 Å². The third-order valence-corrected chi connectivity index (χ3v) is 4.20. The van der Waals surface area contributed by atoms with Gasteiger partial charge in [-0.1, -0.05) is 18.2 Å². The highest BCUT2D eigenvalue weighted by molar-refractivity contribution is 5.96. The Morgan fingerprint density at radius 3 is 2.67 bits per heavy atom. The zero-order valence-corrected chi connectivity index (χ0v) is 13.7. The highest BCUT2D eigenvalue weighted by atomic mass is 16.2. The van der Waals surface area contributed by atoms with Crippen LogP contribution in [0.2, 0.25) is 0 Å². The van der Waals surface area contributed by atoms with E-state index in [1.807, 2.05) is 25.1 Å². The summed E-state index contributed by atoms with van der Waals surface area (Å²) in [6, 6.07) is 7.39. The summed E-state index contributed by atoms with van der Waals surface area (Å²) in [5, 5.41) is 0. The van der Waals surface area contributed by atoms with E-state index in [0.29, 0.717) is 17.1 Å². The van der Waals surface area contributed by atoms with Crippen LogP contribution in [-0.2, 0) is 0 Å². The molecule has 2 aromatic rings. The van der Waals surface area contributed by atoms with Crippen molar-refractivity contribution < 1.29 is 4.79 Å². The van der Waals surface area contributed by atoms with E-state index in [1.54, 1.807) is 6.07 Å². The maximum absolute atomic E-state index is 12.3. The van der Waals surface area contributed by atoms with Gasteiger partial charge in [0.2, 0.25) is 0 Å². The smallest absolute Gasteiger partial charge is 0.269 e. The summed E-state index contributed by atoms with van der Waals surface area (Å²) in [5.74, 6) is 0.899. The molecule has 24 heavy (non-hydrogen) atoms. The molecule has 0 aliphatic carbocycles. The maximum Gasteiger partial charge on any atom is 0.269 e. The Morgan fingerprint density at radius 2 is 1.92 bits per heavy atom. The SMILES string of the molecule is Cc1ccccc1C(=O)NNc1ncnc(N2CCCCC2)c1N. The van der Waals surface area contributed by atoms with Crippen LogP contribution >= 0.6 is 0 Å². The van der Waals surface area contributed by atoms with E-state index in [4.69, 9.17) is 5.73 Å². The molecule has 0 radical (unpaired) electrons. The molecule has 1 aromatic heterocycles. The summed E-state index contributed by atoms with van der Waals surface area (Å²) in [6.45, 7) is 3.77. The molecule has 1 saturated heterocycles. The molecule has 0 spiro atoms. The number of aromatic nitrogens is 2. The number of carbonyl (C=O) groups is 1. The lowest BCUT2D eigenvalue weighted by Gasteiger charge is -2.28. The van der Waals surface area contributed by atoms with Crippen molar-refractivity contribution in [3.05, 3.63) is 41.7 Å². The summed E-state index contributed by atoms with van der Waals surface area (Å²) < 4.78 is 0. The molecule has 1 aliphatic rings. The summed E-state index contributed by atoms with van der Waals surface area (Å²) in [4.78, 5) is 22.9. The zero-order chi connectivity index (χ0) is 16.9. The van der Waals surface area contributed by atoms with E-state index in [2.05, 4.69) is 25.7 Å². The van der Waals surface area contributed by atoms with E-state index in [-0.39, 0.29) is 5.91 Å². The van der Waals surface area contributed by atoms with Crippen molar-refractivity contribution in [3.63, 3.8) is 0 Å². The number of hydrazine groups is 1. The molecule has 0 saturated carbocycles. The number of anilines is 3. The Kier molecular flexibility index (Phi) is 4.79. The molecule has 2 heterocycles. The third kappa shape index (κ3) is 3.40. The van der Waals surface area contributed by atoms with Gasteiger partial charge in [-0.3, -0.25) is 15.6 Å². The number of aryl methyl sites for hydroxylation is 1. The van der Waals surface area contributed by atoms with Gasteiger partial charge in [0.05, 0.1) is 0 Å². The molecule has 126 valence electrons. The number of benzene rings is 1. The molecule has 1 fully saturated rings. The lowest BCUT2D eigenvalue weighted by molar-refractivity contribution is 0.0962. The number of nitrogen functional groups attached to an aromatic ring is 1. The predicted octanol–water partition coefficient (Wildman–Crippen LogP) is 2.11. The topological polar surface area (TPSA) is 96.2 Å². The monoisotopic (exact) mass is 326 g/mol. The van der Waals surface area contributed by atoms with E-state index in [9.17, 15) is 4.79 Å². The summed E-state index contributed by atoms with van der Waals surface area (Å²) in [7, 11) is 0. The second-order valence-corrected chi connectivity index (χ2v) is 5.90. The quantitative estimate of drug-likeness (QED) is 0.745. The highest BCUT2D eigenvalue weighted by Gasteiger charge is 2.18. The Labute approximate surface area is 141 Å². The maximum atomic E-state index is 12.3. The fourth-order valence-corrected chi connectivity index (χ4v) is 2.85. The lowest BCUT2D eigenvalue weighted by Crippen LogP contribution is -2.33. The molecule has 1 aliphatic heterocycles. The summed E-state index contributed by atoms with van der Waals surface area (Å²) >= 11 is 0. The van der Waals surface area contributed by atoms with Crippen molar-refractivity contribution in [1.29, 1.82) is 0 Å². The van der Waals surface area contributed by atoms with Crippen LogP contribution in [0.1, 0.15) is 35.2 Å². The van der Waals surface area contributed by atoms with Crippen LogP contribution in [0.25, 0.3) is 0 Å². The van der Waals surface area contributed by atoms with Crippen molar-refractivity contribution in [3.8, 4) is 0 Å². The van der Waals surface area contributed by atoms with Crippen LogP contribution in [0, 0.1) is 6.92 Å². The minimum Gasteiger partial charge on any atom is -0.393 e. The molecule has 0 bridgehead atoms. The molecule has 0 atom stereocenters. The highest BCUT2D eigenvalue weighted by Crippen LogP contribution is 2.27. The van der Waals surface area contributed by atoms with Crippen molar-refractivity contribution in [2.75, 3.05) is 29.1 Å². The number of nitrogens with one attached hydrogen (secondary N) is 2. The Balaban J connectivity index is 1.71. The number of nitrogens with two attached hydrogens (primary N) is 1. The minimum atomic E-state index is -0.231. The molecule has 3 rings (SSSR count). The molecule has 7 heteroatoms. The Bertz CT molecular complexity index is 727. The van der Waals surface area contributed by atoms with Gasteiger partial charge in [0.15, 0.2) is 11.6 Å². The average molecular weight is 326 g/mol. The average Bonchev–Trinajstić information content (AvgIpc) is 2.62. The van der Waals surface area contributed by atoms with Crippen molar-refractivity contribution in [2.24, 2.45) is 0 Å². The fourth-order valence-electron chi connectivity index (χ4n) is 2.85. The van der Waals surface area contributed by atoms with Crippen LogP contribution in [0.3, 0.4) is 0 Å². The normalized spacial score (nSPS) is 14.3. The van der Waals surface area contributed by atoms with Gasteiger partial charge in [-0.05, 0) is 37.8 Å². The first-order valence-electron chi connectivity index (χ1n) is 8.14. The second kappa shape index (κ2) is 7.16. The molecule has 7 nitrogen and oxygen atoms in total. The Hall–Kier alpha value is -2.83. The number of carbonyl (C=O) groups excluding carboxylic acids is 1. The Morgan fingerprint density at radius 1 is 1.17 bits per heavy atom. The molecular weight excluding hydrogens is 304 g/mol. The van der Waals surface area contributed by atoms with Gasteiger partial charge in [0.25, 0.3) is 5.91 Å². The van der Waals surface area contributed by atoms with E-state index < -0.39 is 0 Å². The van der Waals surface area contributed by atoms with Gasteiger partial charge in [0.1, 0.15) is 12.0 Å². The number of rotatable bonds is 4. The van der Waals surface area contributed by atoms with Crippen molar-refractivity contribution in [2.45, 2.75) is 26.2 Å². The van der Waals surface area contributed by atoms with E-state index >= 15 is 0 Å². The van der Waals surface area contributed by atoms with E-state index in [0.717, 1.165) is 37.3 Å². The molecule has 4 N–H and O–H groups in total. The number of hydrogen-bond donors (Lipinski definition) is 3. The zero-order valence-electron chi connectivity index (χ0n) is 13.7. The molecule has 1 amide bonds. The van der Waals surface area contributed by atoms with Crippen LogP contribution in [0.15, 0.2) is 30.6 Å². The van der Waals surface area contributed by atoms with Gasteiger partial charge >= 0.3 is 0 Å². The summed E-state index contributed by atoms with van der Waals surface area (Å²) in [5.41, 5.74) is 13.6. The van der Waals surface area contributed by atoms with Crippen LogP contribution < -0.4 is 21.5 Å². The standard InChI is InChI=1S/C17H22N6O/c1-12-7-3-4-8-13(12)17(24)22-21-15-14(18)16(20-11-19-15)23-9-5-2-6-10-23/h3-4,7-8,11H,2,5-6,9-10,18H2,1H3,(H,22,24)(H,19,20,21). The lowest BCUT2D eigenvalue weighted by atomic mass is 10.1. The minimum absolute atomic E-state index is 0.231. The number of nitrogens with zero attached hydrogens (tertiary/aromatic N) is 3. The number of amides is 1. The predicted molar refractivity (Wildman–Crippen MR) is 94.8 cm³/mol. The number of hydrogen-bond acceptors (Lipinski definition) is 6. The van der Waals surface area contributed by atoms with Gasteiger partial charge in [0, 0.05) is 18.7 Å². The number of piperidine rings is 1. The van der Waals surface area contributed by atoms with Gasteiger partial charge in [-0.2, -0.15) is 0 Å². The fraction of sp³-hybridized carbons (Fsp3) is 0.353. The van der Waals surface area contributed by atoms with Crippen LogP contribution in [0.5, 0.6) is 0 Å². The second-order valence-electron chi connectivity index (χ2n) is 5.90. The molecular formula is C17H22N6O. The first-order chi connectivity index (χ1) is 11.7. The van der Waals surface area contributed by atoms with Gasteiger partial charge < -0.3 is 10.6 Å². The largest absolute Gasteiger partial charge is 0.393 e. The summed E-state index contributed by atoms with van der Waals surface area (Å²) in [6.07, 6.45) is 4.97. The first kappa shape index (κ1) is 16.0. The molecule has 1 aromatic carbocycles. The van der Waals surface area contributed by atoms with Gasteiger partial charge in [-0.25, -0.2) is 9.97 Å². The van der Waals surface area contributed by atoms with Crippen LogP contribution in [-0.4, -0.2) is 29.0 Å². The first-order valence-corrected chi connectivity index (χ1v) is 8.14. The van der Waals surface area contributed by atoms with Crippen molar-refractivity contribution >= 4 is 23.2 Å². The van der Waals surface area contributed by atoms with Crippen molar-refractivity contribution in [1.82, 2.24) is 15.4 Å². The molecule has 0 unspecified atom stereocenters. The van der Waals surface area contributed by atoms with E-state index in [1.165, 1.54) is 12.7 Å². The third-order valence-electron chi connectivity index (χ3n) is 4.20. The van der Waals surface area contributed by atoms with Gasteiger partial charge in [-0.15, -0.1) is 0 Å².